The fourth-order valence-electron chi connectivity index (χ4n) is 2.00. The second-order valence-corrected chi connectivity index (χ2v) is 4.73. The van der Waals surface area contributed by atoms with Crippen molar-refractivity contribution in [3.05, 3.63) is 47.5 Å². The van der Waals surface area contributed by atoms with Gasteiger partial charge in [-0.05, 0) is 24.3 Å². The number of methoxy groups -OCH3 is 1. The number of benzene rings is 2. The van der Waals surface area contributed by atoms with Crippen LogP contribution in [-0.4, -0.2) is 17.3 Å². The van der Waals surface area contributed by atoms with Crippen LogP contribution in [0, 0.1) is 0 Å². The number of hydrogen-bond donors (Lipinski definition) is 1. The molecule has 5 nitrogen and oxygen atoms in total. The van der Waals surface area contributed by atoms with E-state index in [1.807, 2.05) is 24.3 Å². The van der Waals surface area contributed by atoms with Crippen LogP contribution in [0.1, 0.15) is 0 Å². The van der Waals surface area contributed by atoms with Gasteiger partial charge in [-0.3, -0.25) is 0 Å². The Morgan fingerprint density at radius 3 is 2.67 bits per heavy atom. The van der Waals surface area contributed by atoms with Crippen LogP contribution in [-0.2, 0) is 0 Å². The summed E-state index contributed by atoms with van der Waals surface area (Å²) in [7, 11) is 1.59. The van der Waals surface area contributed by atoms with Crippen LogP contribution >= 0.6 is 11.6 Å². The van der Waals surface area contributed by atoms with Gasteiger partial charge in [-0.2, -0.15) is 4.98 Å². The van der Waals surface area contributed by atoms with Gasteiger partial charge in [0.05, 0.1) is 28.9 Å². The van der Waals surface area contributed by atoms with E-state index in [9.17, 15) is 0 Å². The first kappa shape index (κ1) is 13.5. The van der Waals surface area contributed by atoms with E-state index in [1.54, 1.807) is 25.3 Å². The van der Waals surface area contributed by atoms with Crippen molar-refractivity contribution in [1.82, 2.24) is 10.1 Å². The molecule has 0 amide bonds. The largest absolute Gasteiger partial charge is 0.496 e. The Morgan fingerprint density at radius 1 is 1.10 bits per heavy atom. The monoisotopic (exact) mass is 301 g/mol. The highest BCUT2D eigenvalue weighted by molar-refractivity contribution is 6.33. The topological polar surface area (TPSA) is 74.2 Å². The Bertz CT molecular complexity index is 786. The van der Waals surface area contributed by atoms with Crippen LogP contribution < -0.4 is 10.5 Å². The molecule has 21 heavy (non-hydrogen) atoms. The molecule has 6 heteroatoms. The highest BCUT2D eigenvalue weighted by Gasteiger charge is 2.16. The number of nitrogens with two attached hydrogens (primary N) is 1. The molecule has 0 bridgehead atoms. The second-order valence-electron chi connectivity index (χ2n) is 4.32. The zero-order chi connectivity index (χ0) is 14.8. The number of rotatable bonds is 3. The fraction of sp³-hybridized carbons (Fsp3) is 0.0667. The van der Waals surface area contributed by atoms with Crippen molar-refractivity contribution in [2.75, 3.05) is 12.8 Å². The van der Waals surface area contributed by atoms with Crippen molar-refractivity contribution >= 4 is 17.3 Å². The van der Waals surface area contributed by atoms with Gasteiger partial charge in [0.15, 0.2) is 0 Å². The smallest absolute Gasteiger partial charge is 0.260 e. The van der Waals surface area contributed by atoms with E-state index in [-0.39, 0.29) is 0 Å². The van der Waals surface area contributed by atoms with Gasteiger partial charge in [0.1, 0.15) is 5.75 Å². The number of hydrogen-bond acceptors (Lipinski definition) is 5. The molecule has 0 aliphatic carbocycles. The molecule has 0 atom stereocenters. The van der Waals surface area contributed by atoms with E-state index < -0.39 is 0 Å². The summed E-state index contributed by atoms with van der Waals surface area (Å²) in [6, 6.07) is 12.7. The zero-order valence-corrected chi connectivity index (χ0v) is 12.0. The van der Waals surface area contributed by atoms with Crippen LogP contribution in [0.2, 0.25) is 5.02 Å². The van der Waals surface area contributed by atoms with Crippen molar-refractivity contribution in [1.29, 1.82) is 0 Å². The van der Waals surface area contributed by atoms with E-state index in [0.717, 1.165) is 5.56 Å². The van der Waals surface area contributed by atoms with Crippen molar-refractivity contribution < 1.29 is 9.26 Å². The van der Waals surface area contributed by atoms with Gasteiger partial charge in [-0.1, -0.05) is 35.0 Å². The summed E-state index contributed by atoms with van der Waals surface area (Å²) < 4.78 is 10.6. The summed E-state index contributed by atoms with van der Waals surface area (Å²) in [6.07, 6.45) is 0. The standard InChI is InChI=1S/C15H12ClN3O2/c1-20-12-8-3-2-5-9(12)14-18-15(21-19-14)10-6-4-7-11(16)13(10)17/h2-8H,17H2,1H3. The van der Waals surface area contributed by atoms with Gasteiger partial charge in [0.25, 0.3) is 5.89 Å². The Kier molecular flexibility index (Phi) is 3.50. The maximum absolute atomic E-state index is 6.00. The molecule has 0 unspecified atom stereocenters. The Hall–Kier alpha value is -2.53. The summed E-state index contributed by atoms with van der Waals surface area (Å²) in [6.45, 7) is 0. The molecule has 2 aromatic carbocycles. The first-order valence-electron chi connectivity index (χ1n) is 6.22. The van der Waals surface area contributed by atoms with E-state index in [2.05, 4.69) is 10.1 Å². The molecule has 0 spiro atoms. The third kappa shape index (κ3) is 2.43. The summed E-state index contributed by atoms with van der Waals surface area (Å²) in [5.74, 6) is 1.42. The van der Waals surface area contributed by atoms with Crippen molar-refractivity contribution in [3.63, 3.8) is 0 Å². The normalized spacial score (nSPS) is 10.6. The first-order chi connectivity index (χ1) is 10.2. The predicted molar refractivity (Wildman–Crippen MR) is 81.1 cm³/mol. The second kappa shape index (κ2) is 5.46. The van der Waals surface area contributed by atoms with Gasteiger partial charge in [-0.25, -0.2) is 0 Å². The molecule has 3 aromatic rings. The fourth-order valence-corrected chi connectivity index (χ4v) is 2.17. The Labute approximate surface area is 126 Å². The average Bonchev–Trinajstić information content (AvgIpc) is 2.99. The molecule has 0 fully saturated rings. The summed E-state index contributed by atoms with van der Waals surface area (Å²) in [4.78, 5) is 4.36. The number of ether oxygens (including phenoxy) is 1. The lowest BCUT2D eigenvalue weighted by molar-refractivity contribution is 0.413. The predicted octanol–water partition coefficient (Wildman–Crippen LogP) is 3.65. The molecule has 0 aliphatic heterocycles. The third-order valence-corrected chi connectivity index (χ3v) is 3.39. The molecular formula is C15H12ClN3O2. The quantitative estimate of drug-likeness (QED) is 0.747. The minimum Gasteiger partial charge on any atom is -0.496 e. The average molecular weight is 302 g/mol. The van der Waals surface area contributed by atoms with Gasteiger partial charge < -0.3 is 15.0 Å². The van der Waals surface area contributed by atoms with Crippen molar-refractivity contribution in [2.45, 2.75) is 0 Å². The highest BCUT2D eigenvalue weighted by atomic mass is 35.5. The van der Waals surface area contributed by atoms with Gasteiger partial charge in [0, 0.05) is 0 Å². The molecule has 0 aliphatic rings. The number of para-hydroxylation sites is 2. The Balaban J connectivity index is 2.06. The molecule has 106 valence electrons. The maximum atomic E-state index is 6.00. The number of halogens is 1. The molecule has 0 saturated carbocycles. The van der Waals surface area contributed by atoms with Crippen LogP contribution in [0.5, 0.6) is 5.75 Å². The molecule has 0 saturated heterocycles. The van der Waals surface area contributed by atoms with Crippen LogP contribution in [0.25, 0.3) is 22.8 Å². The van der Waals surface area contributed by atoms with E-state index in [4.69, 9.17) is 26.6 Å². The first-order valence-corrected chi connectivity index (χ1v) is 6.60. The van der Waals surface area contributed by atoms with Gasteiger partial charge >= 0.3 is 0 Å². The molecule has 1 heterocycles. The third-order valence-electron chi connectivity index (χ3n) is 3.06. The van der Waals surface area contributed by atoms with E-state index >= 15 is 0 Å². The van der Waals surface area contributed by atoms with Gasteiger partial charge in [-0.15, -0.1) is 0 Å². The maximum Gasteiger partial charge on any atom is 0.260 e. The minimum atomic E-state index is 0.316. The van der Waals surface area contributed by atoms with E-state index in [0.29, 0.717) is 33.7 Å². The number of nitrogen functional groups attached to an aromatic ring is 1. The lowest BCUT2D eigenvalue weighted by atomic mass is 10.1. The summed E-state index contributed by atoms with van der Waals surface area (Å²) in [5, 5.41) is 4.43. The van der Waals surface area contributed by atoms with E-state index in [1.165, 1.54) is 0 Å². The highest BCUT2D eigenvalue weighted by Crippen LogP contribution is 2.33. The molecule has 1 aromatic heterocycles. The molecule has 2 N–H and O–H groups in total. The summed E-state index contributed by atoms with van der Waals surface area (Å²) >= 11 is 6.00. The van der Waals surface area contributed by atoms with Crippen LogP contribution in [0.3, 0.4) is 0 Å². The van der Waals surface area contributed by atoms with Crippen molar-refractivity contribution in [3.8, 4) is 28.6 Å². The van der Waals surface area contributed by atoms with Gasteiger partial charge in [0.2, 0.25) is 5.82 Å². The summed E-state index contributed by atoms with van der Waals surface area (Å²) in [5.41, 5.74) is 7.70. The lowest BCUT2D eigenvalue weighted by Gasteiger charge is -2.03. The SMILES string of the molecule is COc1ccccc1-c1noc(-c2cccc(Cl)c2N)n1. The molecular weight excluding hydrogens is 290 g/mol. The van der Waals surface area contributed by atoms with Crippen LogP contribution in [0.4, 0.5) is 5.69 Å². The number of anilines is 1. The Morgan fingerprint density at radius 2 is 1.86 bits per heavy atom. The lowest BCUT2D eigenvalue weighted by Crippen LogP contribution is -1.91. The molecule has 0 radical (unpaired) electrons. The zero-order valence-electron chi connectivity index (χ0n) is 11.2. The minimum absolute atomic E-state index is 0.316. The molecule has 3 rings (SSSR count). The number of aromatic nitrogens is 2. The van der Waals surface area contributed by atoms with Crippen LogP contribution in [0.15, 0.2) is 47.0 Å². The number of nitrogens with zero attached hydrogens (tertiary/aromatic N) is 2. The van der Waals surface area contributed by atoms with Crippen molar-refractivity contribution in [2.24, 2.45) is 0 Å².